The Morgan fingerprint density at radius 2 is 1.87 bits per heavy atom. The summed E-state index contributed by atoms with van der Waals surface area (Å²) in [6, 6.07) is 7.77. The second-order valence-electron chi connectivity index (χ2n) is 8.16. The summed E-state index contributed by atoms with van der Waals surface area (Å²) in [6.45, 7) is 7.94. The van der Waals surface area contributed by atoms with Crippen molar-refractivity contribution in [3.8, 4) is 0 Å². The number of Topliss-reactive ketones (excluding diaryl/α,β-unsaturated/α-hetero) is 1. The van der Waals surface area contributed by atoms with Crippen molar-refractivity contribution in [3.63, 3.8) is 0 Å². The van der Waals surface area contributed by atoms with Crippen LogP contribution in [0.1, 0.15) is 72.1 Å². The number of rotatable bonds is 7. The zero-order valence-electron chi connectivity index (χ0n) is 19.4. The standard InChI is InChI=1S/C10H13N2OPS.C7H13NO.C7H14/c1-7(13)6-11-10(15)12-8-3-2-4-9(14)5-8;1-2-7(9)8-5-3-4-6-8;1-2-3-4-7-5-6-7/h2-5H,6,14H2,1H3,(H2,11,12,15);2-6H2,1H3;7H,2-6H2,1H3. The Labute approximate surface area is 196 Å². The first-order chi connectivity index (χ1) is 14.8. The van der Waals surface area contributed by atoms with Gasteiger partial charge in [-0.3, -0.25) is 9.59 Å². The molecule has 0 spiro atoms. The normalized spacial score (nSPS) is 14.5. The highest BCUT2D eigenvalue weighted by Gasteiger charge is 2.19. The zero-order valence-corrected chi connectivity index (χ0v) is 21.4. The monoisotopic (exact) mass is 465 g/mol. The van der Waals surface area contributed by atoms with Crippen LogP contribution in [0.2, 0.25) is 0 Å². The molecule has 3 rings (SSSR count). The molecule has 2 fully saturated rings. The van der Waals surface area contributed by atoms with Crippen LogP contribution in [0.25, 0.3) is 0 Å². The molecule has 1 unspecified atom stereocenters. The fourth-order valence-electron chi connectivity index (χ4n) is 3.09. The lowest BCUT2D eigenvalue weighted by Crippen LogP contribution is -2.32. The number of carbonyl (C=O) groups is 2. The highest BCUT2D eigenvalue weighted by molar-refractivity contribution is 7.80. The summed E-state index contributed by atoms with van der Waals surface area (Å²) < 4.78 is 0. The van der Waals surface area contributed by atoms with E-state index in [9.17, 15) is 9.59 Å². The number of thiocarbonyl (C=S) groups is 1. The first-order valence-corrected chi connectivity index (χ1v) is 12.5. The van der Waals surface area contributed by atoms with Gasteiger partial charge in [0.15, 0.2) is 5.11 Å². The van der Waals surface area contributed by atoms with Crippen molar-refractivity contribution in [2.75, 3.05) is 25.0 Å². The van der Waals surface area contributed by atoms with Crippen LogP contribution in [0, 0.1) is 5.92 Å². The van der Waals surface area contributed by atoms with Crippen LogP contribution < -0.4 is 15.9 Å². The van der Waals surface area contributed by atoms with Crippen molar-refractivity contribution < 1.29 is 9.59 Å². The molecule has 7 heteroatoms. The predicted octanol–water partition coefficient (Wildman–Crippen LogP) is 4.67. The number of likely N-dealkylation sites (tertiary alicyclic amines) is 1. The number of amides is 1. The first-order valence-electron chi connectivity index (χ1n) is 11.5. The number of nitrogens with zero attached hydrogens (tertiary/aromatic N) is 1. The van der Waals surface area contributed by atoms with Crippen molar-refractivity contribution in [1.82, 2.24) is 10.2 Å². The summed E-state index contributed by atoms with van der Waals surface area (Å²) in [5.74, 6) is 1.52. The lowest BCUT2D eigenvalue weighted by atomic mass is 10.2. The van der Waals surface area contributed by atoms with Crippen LogP contribution in [0.15, 0.2) is 24.3 Å². The van der Waals surface area contributed by atoms with E-state index in [1.165, 1.54) is 51.9 Å². The molecule has 2 N–H and O–H groups in total. The van der Waals surface area contributed by atoms with E-state index in [1.54, 1.807) is 0 Å². The van der Waals surface area contributed by atoms with Crippen LogP contribution >= 0.6 is 21.5 Å². The van der Waals surface area contributed by atoms with Crippen molar-refractivity contribution >= 4 is 49.3 Å². The maximum Gasteiger partial charge on any atom is 0.222 e. The SMILES string of the molecule is CC(=O)CNC(=S)Nc1cccc(P)c1.CCC(=O)N1CCCC1.CCCCC1CC1. The van der Waals surface area contributed by atoms with E-state index in [0.29, 0.717) is 17.4 Å². The molecule has 1 aromatic rings. The third-order valence-corrected chi connectivity index (χ3v) is 5.67. The molecular formula is C24H40N3O2PS. The minimum Gasteiger partial charge on any atom is -0.355 e. The molecule has 5 nitrogen and oxygen atoms in total. The fraction of sp³-hybridized carbons (Fsp3) is 0.625. The smallest absolute Gasteiger partial charge is 0.222 e. The van der Waals surface area contributed by atoms with E-state index >= 15 is 0 Å². The van der Waals surface area contributed by atoms with Crippen molar-refractivity contribution in [2.45, 2.75) is 72.1 Å². The molecule has 1 saturated heterocycles. The molecule has 1 aliphatic carbocycles. The Bertz CT molecular complexity index is 689. The number of nitrogens with one attached hydrogen (secondary N) is 2. The van der Waals surface area contributed by atoms with E-state index in [1.807, 2.05) is 36.1 Å². The molecule has 1 heterocycles. The van der Waals surface area contributed by atoms with Crippen molar-refractivity contribution in [1.29, 1.82) is 0 Å². The minimum atomic E-state index is 0.0546. The van der Waals surface area contributed by atoms with Crippen LogP contribution in [0.3, 0.4) is 0 Å². The van der Waals surface area contributed by atoms with E-state index < -0.39 is 0 Å². The number of ketones is 1. The van der Waals surface area contributed by atoms with Gasteiger partial charge in [-0.05, 0) is 55.3 Å². The van der Waals surface area contributed by atoms with Gasteiger partial charge in [0.2, 0.25) is 5.91 Å². The van der Waals surface area contributed by atoms with Crippen LogP contribution in [0.5, 0.6) is 0 Å². The molecule has 1 aromatic carbocycles. The highest BCUT2D eigenvalue weighted by Crippen LogP contribution is 2.33. The van der Waals surface area contributed by atoms with E-state index in [4.69, 9.17) is 12.2 Å². The maximum atomic E-state index is 10.9. The Morgan fingerprint density at radius 3 is 2.39 bits per heavy atom. The summed E-state index contributed by atoms with van der Waals surface area (Å²) >= 11 is 5.02. The van der Waals surface area contributed by atoms with Gasteiger partial charge in [-0.2, -0.15) is 0 Å². The average Bonchev–Trinajstić information content (AvgIpc) is 3.41. The Hall–Kier alpha value is -1.52. The summed E-state index contributed by atoms with van der Waals surface area (Å²) in [7, 11) is 2.61. The molecule has 1 atom stereocenters. The van der Waals surface area contributed by atoms with Gasteiger partial charge < -0.3 is 15.5 Å². The summed E-state index contributed by atoms with van der Waals surface area (Å²) in [6.07, 6.45) is 10.5. The topological polar surface area (TPSA) is 61.4 Å². The number of anilines is 1. The van der Waals surface area contributed by atoms with Crippen LogP contribution in [-0.2, 0) is 9.59 Å². The number of benzene rings is 1. The average molecular weight is 466 g/mol. The van der Waals surface area contributed by atoms with Gasteiger partial charge in [-0.1, -0.05) is 58.1 Å². The number of hydrogen-bond acceptors (Lipinski definition) is 3. The summed E-state index contributed by atoms with van der Waals surface area (Å²) in [4.78, 5) is 23.6. The van der Waals surface area contributed by atoms with Crippen molar-refractivity contribution in [2.24, 2.45) is 5.92 Å². The van der Waals surface area contributed by atoms with Crippen LogP contribution in [-0.4, -0.2) is 41.3 Å². The van der Waals surface area contributed by atoms with Gasteiger partial charge >= 0.3 is 0 Å². The molecule has 2 aliphatic rings. The molecule has 1 aliphatic heterocycles. The molecule has 174 valence electrons. The molecule has 0 radical (unpaired) electrons. The van der Waals surface area contributed by atoms with E-state index in [-0.39, 0.29) is 12.3 Å². The Morgan fingerprint density at radius 1 is 1.19 bits per heavy atom. The van der Waals surface area contributed by atoms with Gasteiger partial charge in [-0.15, -0.1) is 9.24 Å². The van der Waals surface area contributed by atoms with Gasteiger partial charge in [0.1, 0.15) is 5.78 Å². The predicted molar refractivity (Wildman–Crippen MR) is 139 cm³/mol. The molecule has 1 saturated carbocycles. The Balaban J connectivity index is 0.000000254. The van der Waals surface area contributed by atoms with Crippen molar-refractivity contribution in [3.05, 3.63) is 24.3 Å². The first kappa shape index (κ1) is 27.5. The minimum absolute atomic E-state index is 0.0546. The zero-order chi connectivity index (χ0) is 23.1. The second kappa shape index (κ2) is 16.2. The molecular weight excluding hydrogens is 425 g/mol. The van der Waals surface area contributed by atoms with Gasteiger partial charge in [0, 0.05) is 25.2 Å². The number of unbranched alkanes of at least 4 members (excludes halogenated alkanes) is 1. The van der Waals surface area contributed by atoms with Gasteiger partial charge in [-0.25, -0.2) is 0 Å². The molecule has 0 bridgehead atoms. The van der Waals surface area contributed by atoms with Gasteiger partial charge in [0.25, 0.3) is 0 Å². The highest BCUT2D eigenvalue weighted by atomic mass is 32.1. The lowest BCUT2D eigenvalue weighted by Gasteiger charge is -2.12. The lowest BCUT2D eigenvalue weighted by molar-refractivity contribution is -0.129. The molecule has 1 amide bonds. The summed E-state index contributed by atoms with van der Waals surface area (Å²) in [5.41, 5.74) is 0.906. The molecule has 0 aromatic heterocycles. The third-order valence-electron chi connectivity index (χ3n) is 5.07. The Kier molecular flexibility index (Phi) is 14.3. The van der Waals surface area contributed by atoms with E-state index in [2.05, 4.69) is 26.8 Å². The fourth-order valence-corrected chi connectivity index (χ4v) is 3.57. The maximum absolute atomic E-state index is 10.9. The van der Waals surface area contributed by atoms with Crippen LogP contribution in [0.4, 0.5) is 5.69 Å². The third kappa shape index (κ3) is 14.2. The van der Waals surface area contributed by atoms with E-state index in [0.717, 1.165) is 30.0 Å². The largest absolute Gasteiger partial charge is 0.355 e. The summed E-state index contributed by atoms with van der Waals surface area (Å²) in [5, 5.41) is 7.34. The molecule has 31 heavy (non-hydrogen) atoms. The quantitative estimate of drug-likeness (QED) is 0.453. The van der Waals surface area contributed by atoms with Gasteiger partial charge in [0.05, 0.1) is 6.54 Å². The number of hydrogen-bond donors (Lipinski definition) is 2. The second-order valence-corrected chi connectivity index (χ2v) is 9.24. The number of carbonyl (C=O) groups excluding carboxylic acids is 2.